The molecule has 0 aliphatic rings. The summed E-state index contributed by atoms with van der Waals surface area (Å²) in [7, 11) is 0. The summed E-state index contributed by atoms with van der Waals surface area (Å²) in [5.41, 5.74) is 4.18. The standard InChI is InChI=1S/C30H26ClN5O2/c1-2-36-19-27(28(35-36)30(38)32-16-15-20-9-4-3-5-10-20)34-29(37)24-18-26(21-11-8-12-22(31)17-21)33-25-14-7-6-13-23(24)25/h3-14,17-19H,2,15-16H2,1H3,(H,32,38)(H,34,37). The second kappa shape index (κ2) is 11.3. The van der Waals surface area contributed by atoms with Gasteiger partial charge in [-0.1, -0.05) is 72.3 Å². The van der Waals surface area contributed by atoms with Crippen molar-refractivity contribution in [3.05, 3.63) is 113 Å². The highest BCUT2D eigenvalue weighted by atomic mass is 35.5. The summed E-state index contributed by atoms with van der Waals surface area (Å²) in [5.74, 6) is -0.705. The first-order valence-electron chi connectivity index (χ1n) is 12.4. The molecule has 2 N–H and O–H groups in total. The van der Waals surface area contributed by atoms with Crippen molar-refractivity contribution in [1.82, 2.24) is 20.1 Å². The van der Waals surface area contributed by atoms with Crippen LogP contribution < -0.4 is 10.6 Å². The zero-order chi connectivity index (χ0) is 26.5. The fourth-order valence-electron chi connectivity index (χ4n) is 4.24. The molecular formula is C30H26ClN5O2. The number of nitrogens with zero attached hydrogens (tertiary/aromatic N) is 3. The Bertz CT molecular complexity index is 1610. The van der Waals surface area contributed by atoms with Crippen molar-refractivity contribution in [2.24, 2.45) is 0 Å². The Morgan fingerprint density at radius 3 is 2.50 bits per heavy atom. The lowest BCUT2D eigenvalue weighted by atomic mass is 10.0. The van der Waals surface area contributed by atoms with E-state index in [2.05, 4.69) is 15.7 Å². The highest BCUT2D eigenvalue weighted by molar-refractivity contribution is 6.30. The van der Waals surface area contributed by atoms with Gasteiger partial charge in [-0.05, 0) is 43.2 Å². The number of hydrogen-bond acceptors (Lipinski definition) is 4. The minimum absolute atomic E-state index is 0.168. The number of carbonyl (C=O) groups is 2. The number of anilines is 1. The van der Waals surface area contributed by atoms with Gasteiger partial charge in [-0.15, -0.1) is 0 Å². The zero-order valence-electron chi connectivity index (χ0n) is 20.8. The molecule has 0 bridgehead atoms. The molecule has 5 aromatic rings. The third kappa shape index (κ3) is 5.58. The van der Waals surface area contributed by atoms with E-state index in [9.17, 15) is 9.59 Å². The van der Waals surface area contributed by atoms with Gasteiger partial charge in [0.2, 0.25) is 0 Å². The first kappa shape index (κ1) is 25.2. The minimum atomic E-state index is -0.360. The molecule has 0 radical (unpaired) electrons. The van der Waals surface area contributed by atoms with Crippen molar-refractivity contribution in [2.45, 2.75) is 19.9 Å². The SMILES string of the molecule is CCn1cc(NC(=O)c2cc(-c3cccc(Cl)c3)nc3ccccc23)c(C(=O)NCCc2ccccc2)n1. The van der Waals surface area contributed by atoms with Crippen molar-refractivity contribution in [2.75, 3.05) is 11.9 Å². The molecule has 0 unspecified atom stereocenters. The third-order valence-electron chi connectivity index (χ3n) is 6.17. The number of rotatable bonds is 8. The molecule has 7 nitrogen and oxygen atoms in total. The van der Waals surface area contributed by atoms with E-state index in [0.717, 1.165) is 11.1 Å². The lowest BCUT2D eigenvalue weighted by Crippen LogP contribution is -2.27. The molecule has 190 valence electrons. The number of aryl methyl sites for hydroxylation is 1. The summed E-state index contributed by atoms with van der Waals surface area (Å²) in [5, 5.41) is 11.5. The Hall–Kier alpha value is -4.49. The molecule has 3 aromatic carbocycles. The van der Waals surface area contributed by atoms with Crippen LogP contribution in [0.15, 0.2) is 91.1 Å². The number of amides is 2. The van der Waals surface area contributed by atoms with Crippen molar-refractivity contribution in [3.63, 3.8) is 0 Å². The second-order valence-electron chi connectivity index (χ2n) is 8.78. The van der Waals surface area contributed by atoms with E-state index in [1.54, 1.807) is 23.0 Å². The maximum Gasteiger partial charge on any atom is 0.273 e. The van der Waals surface area contributed by atoms with Gasteiger partial charge in [0, 0.05) is 35.3 Å². The number of fused-ring (bicyclic) bond motifs is 1. The highest BCUT2D eigenvalue weighted by Crippen LogP contribution is 2.27. The summed E-state index contributed by atoms with van der Waals surface area (Å²) in [6.45, 7) is 2.92. The number of para-hydroxylation sites is 1. The Morgan fingerprint density at radius 1 is 0.921 bits per heavy atom. The molecule has 0 spiro atoms. The average molecular weight is 524 g/mol. The molecule has 0 atom stereocenters. The Balaban J connectivity index is 1.42. The van der Waals surface area contributed by atoms with Crippen LogP contribution in [0.1, 0.15) is 33.3 Å². The first-order chi connectivity index (χ1) is 18.5. The van der Waals surface area contributed by atoms with Crippen molar-refractivity contribution in [3.8, 4) is 11.3 Å². The van der Waals surface area contributed by atoms with Crippen molar-refractivity contribution >= 4 is 40.0 Å². The summed E-state index contributed by atoms with van der Waals surface area (Å²) < 4.78 is 1.63. The molecule has 2 aromatic heterocycles. The molecule has 5 rings (SSSR count). The number of aromatic nitrogens is 3. The van der Waals surface area contributed by atoms with E-state index < -0.39 is 0 Å². The summed E-state index contributed by atoms with van der Waals surface area (Å²) >= 11 is 6.20. The molecule has 8 heteroatoms. The van der Waals surface area contributed by atoms with Gasteiger partial charge in [0.15, 0.2) is 5.69 Å². The second-order valence-corrected chi connectivity index (χ2v) is 9.21. The molecule has 0 aliphatic heterocycles. The number of pyridine rings is 1. The van der Waals surface area contributed by atoms with Gasteiger partial charge in [0.05, 0.1) is 22.5 Å². The van der Waals surface area contributed by atoms with E-state index in [-0.39, 0.29) is 17.5 Å². The largest absolute Gasteiger partial charge is 0.350 e. The molecule has 0 aliphatic carbocycles. The van der Waals surface area contributed by atoms with Crippen LogP contribution in [-0.4, -0.2) is 33.1 Å². The normalized spacial score (nSPS) is 10.9. The Morgan fingerprint density at radius 2 is 1.71 bits per heavy atom. The van der Waals surface area contributed by atoms with E-state index in [1.165, 1.54) is 0 Å². The summed E-state index contributed by atoms with van der Waals surface area (Å²) in [6.07, 6.45) is 2.36. The van der Waals surface area contributed by atoms with Crippen LogP contribution in [-0.2, 0) is 13.0 Å². The molecule has 0 fully saturated rings. The van der Waals surface area contributed by atoms with Crippen LogP contribution in [0.25, 0.3) is 22.2 Å². The fraction of sp³-hybridized carbons (Fsp3) is 0.133. The van der Waals surface area contributed by atoms with Gasteiger partial charge in [-0.2, -0.15) is 5.10 Å². The average Bonchev–Trinajstić information content (AvgIpc) is 3.36. The zero-order valence-corrected chi connectivity index (χ0v) is 21.6. The van der Waals surface area contributed by atoms with Crippen LogP contribution in [0.5, 0.6) is 0 Å². The molecule has 38 heavy (non-hydrogen) atoms. The smallest absolute Gasteiger partial charge is 0.273 e. The van der Waals surface area contributed by atoms with Crippen LogP contribution in [0.2, 0.25) is 5.02 Å². The Labute approximate surface area is 225 Å². The predicted octanol–water partition coefficient (Wildman–Crippen LogP) is 6.00. The quantitative estimate of drug-likeness (QED) is 0.261. The van der Waals surface area contributed by atoms with E-state index in [1.807, 2.05) is 79.7 Å². The van der Waals surface area contributed by atoms with Gasteiger partial charge in [-0.25, -0.2) is 4.98 Å². The van der Waals surface area contributed by atoms with Crippen LogP contribution in [0.4, 0.5) is 5.69 Å². The fourth-order valence-corrected chi connectivity index (χ4v) is 4.43. The Kier molecular flexibility index (Phi) is 7.47. The number of hydrogen-bond donors (Lipinski definition) is 2. The lowest BCUT2D eigenvalue weighted by Gasteiger charge is -2.11. The van der Waals surface area contributed by atoms with E-state index >= 15 is 0 Å². The number of benzene rings is 3. The monoisotopic (exact) mass is 523 g/mol. The molecule has 2 amide bonds. The first-order valence-corrected chi connectivity index (χ1v) is 12.8. The van der Waals surface area contributed by atoms with E-state index in [0.29, 0.717) is 52.4 Å². The summed E-state index contributed by atoms with van der Waals surface area (Å²) in [4.78, 5) is 31.4. The molecule has 0 saturated carbocycles. The van der Waals surface area contributed by atoms with Crippen LogP contribution >= 0.6 is 11.6 Å². The van der Waals surface area contributed by atoms with E-state index in [4.69, 9.17) is 16.6 Å². The molecule has 2 heterocycles. The number of carbonyl (C=O) groups excluding carboxylic acids is 2. The lowest BCUT2D eigenvalue weighted by molar-refractivity contribution is 0.0949. The van der Waals surface area contributed by atoms with Crippen molar-refractivity contribution in [1.29, 1.82) is 0 Å². The van der Waals surface area contributed by atoms with Crippen LogP contribution in [0.3, 0.4) is 0 Å². The minimum Gasteiger partial charge on any atom is -0.350 e. The maximum absolute atomic E-state index is 13.6. The molecular weight excluding hydrogens is 498 g/mol. The maximum atomic E-state index is 13.6. The van der Waals surface area contributed by atoms with Gasteiger partial charge < -0.3 is 10.6 Å². The topological polar surface area (TPSA) is 88.9 Å². The highest BCUT2D eigenvalue weighted by Gasteiger charge is 2.21. The van der Waals surface area contributed by atoms with Gasteiger partial charge in [-0.3, -0.25) is 14.3 Å². The molecule has 0 saturated heterocycles. The third-order valence-corrected chi connectivity index (χ3v) is 6.41. The van der Waals surface area contributed by atoms with Gasteiger partial charge in [0.25, 0.3) is 11.8 Å². The number of halogens is 1. The predicted molar refractivity (Wildman–Crippen MR) is 151 cm³/mol. The van der Waals surface area contributed by atoms with Crippen molar-refractivity contribution < 1.29 is 9.59 Å². The van der Waals surface area contributed by atoms with Crippen LogP contribution in [0, 0.1) is 0 Å². The van der Waals surface area contributed by atoms with Gasteiger partial charge in [0.1, 0.15) is 0 Å². The van der Waals surface area contributed by atoms with Gasteiger partial charge >= 0.3 is 0 Å². The number of nitrogens with one attached hydrogen (secondary N) is 2. The summed E-state index contributed by atoms with van der Waals surface area (Å²) in [6, 6.07) is 26.5.